The molecule has 0 fully saturated rings. The summed E-state index contributed by atoms with van der Waals surface area (Å²) in [6, 6.07) is 66.1. The number of furan rings is 1. The number of rotatable bonds is 6. The molecule has 274 valence electrons. The Morgan fingerprint density at radius 1 is 0.345 bits per heavy atom. The SMILES string of the molecule is CC1(C)c2ccccc2-c2ccc(-c3cccc(-c4nc(-c5ccccc5)nc(-c5ccc6c(c5)oc5cccc(-c7ccc(-c8ccccc8)cc7)c56)n4)c3)cc21. The van der Waals surface area contributed by atoms with Gasteiger partial charge in [-0.2, -0.15) is 0 Å². The summed E-state index contributed by atoms with van der Waals surface area (Å²) in [5.41, 5.74) is 16.6. The third-order valence-electron chi connectivity index (χ3n) is 11.8. The van der Waals surface area contributed by atoms with Crippen LogP contribution in [0.3, 0.4) is 0 Å². The lowest BCUT2D eigenvalue weighted by Crippen LogP contribution is -2.14. The van der Waals surface area contributed by atoms with E-state index in [0.29, 0.717) is 17.5 Å². The molecule has 58 heavy (non-hydrogen) atoms. The first-order valence-corrected chi connectivity index (χ1v) is 19.8. The van der Waals surface area contributed by atoms with Gasteiger partial charge in [-0.15, -0.1) is 0 Å². The molecule has 0 bridgehead atoms. The molecule has 4 heteroatoms. The lowest BCUT2D eigenvalue weighted by molar-refractivity contribution is 0.660. The second-order valence-electron chi connectivity index (χ2n) is 15.6. The molecule has 0 N–H and O–H groups in total. The third kappa shape index (κ3) is 5.64. The van der Waals surface area contributed by atoms with E-state index >= 15 is 0 Å². The fourth-order valence-electron chi connectivity index (χ4n) is 8.75. The van der Waals surface area contributed by atoms with Gasteiger partial charge in [-0.05, 0) is 86.0 Å². The first-order chi connectivity index (χ1) is 28.5. The predicted molar refractivity (Wildman–Crippen MR) is 237 cm³/mol. The van der Waals surface area contributed by atoms with Gasteiger partial charge in [0.05, 0.1) is 0 Å². The van der Waals surface area contributed by atoms with Gasteiger partial charge in [0, 0.05) is 32.9 Å². The third-order valence-corrected chi connectivity index (χ3v) is 11.8. The minimum Gasteiger partial charge on any atom is -0.456 e. The molecule has 2 aromatic heterocycles. The zero-order chi connectivity index (χ0) is 38.8. The zero-order valence-corrected chi connectivity index (χ0v) is 32.1. The molecule has 0 unspecified atom stereocenters. The number of benzene rings is 8. The number of aromatic nitrogens is 3. The Morgan fingerprint density at radius 2 is 0.862 bits per heavy atom. The van der Waals surface area contributed by atoms with Crippen molar-refractivity contribution in [3.05, 3.63) is 199 Å². The van der Waals surface area contributed by atoms with Crippen LogP contribution < -0.4 is 0 Å². The first-order valence-electron chi connectivity index (χ1n) is 19.8. The quantitative estimate of drug-likeness (QED) is 0.170. The van der Waals surface area contributed by atoms with Gasteiger partial charge in [-0.3, -0.25) is 0 Å². The minimum absolute atomic E-state index is 0.0795. The highest BCUT2D eigenvalue weighted by Crippen LogP contribution is 2.49. The van der Waals surface area contributed by atoms with E-state index < -0.39 is 0 Å². The van der Waals surface area contributed by atoms with Crippen molar-refractivity contribution in [3.63, 3.8) is 0 Å². The van der Waals surface area contributed by atoms with Crippen LogP contribution >= 0.6 is 0 Å². The number of hydrogen-bond donors (Lipinski definition) is 0. The fraction of sp³-hybridized carbons (Fsp3) is 0.0556. The molecule has 4 nitrogen and oxygen atoms in total. The zero-order valence-electron chi connectivity index (χ0n) is 32.1. The minimum atomic E-state index is -0.0795. The molecule has 1 aliphatic carbocycles. The van der Waals surface area contributed by atoms with E-state index in [1.165, 1.54) is 38.9 Å². The Morgan fingerprint density at radius 3 is 1.64 bits per heavy atom. The maximum Gasteiger partial charge on any atom is 0.164 e. The Hall–Kier alpha value is -7.43. The van der Waals surface area contributed by atoms with Gasteiger partial charge < -0.3 is 4.42 Å². The van der Waals surface area contributed by atoms with Crippen molar-refractivity contribution in [1.29, 1.82) is 0 Å². The molecule has 0 saturated carbocycles. The molecule has 0 amide bonds. The molecular formula is C54H37N3O. The van der Waals surface area contributed by atoms with E-state index in [1.54, 1.807) is 0 Å². The normalized spacial score (nSPS) is 12.8. The van der Waals surface area contributed by atoms with Crippen molar-refractivity contribution in [2.45, 2.75) is 19.3 Å². The van der Waals surface area contributed by atoms with Crippen LogP contribution in [0.1, 0.15) is 25.0 Å². The van der Waals surface area contributed by atoms with Gasteiger partial charge in [-0.1, -0.05) is 172 Å². The van der Waals surface area contributed by atoms with Crippen molar-refractivity contribution >= 4 is 21.9 Å². The summed E-state index contributed by atoms with van der Waals surface area (Å²) in [7, 11) is 0. The molecule has 8 aromatic carbocycles. The van der Waals surface area contributed by atoms with E-state index in [4.69, 9.17) is 19.4 Å². The van der Waals surface area contributed by atoms with Crippen LogP contribution in [0.25, 0.3) is 101 Å². The van der Waals surface area contributed by atoms with Gasteiger partial charge in [-0.25, -0.2) is 15.0 Å². The maximum atomic E-state index is 6.56. The van der Waals surface area contributed by atoms with E-state index in [0.717, 1.165) is 55.3 Å². The predicted octanol–water partition coefficient (Wildman–Crippen LogP) is 14.1. The standard InChI is InChI=1S/C54H37N3O/c1-54(2)46-21-10-9-19-43(46)44-29-27-39(32-47(44)54)38-17-11-18-40(31-38)52-55-51(37-15-7-4-8-16-37)56-53(57-52)41-28-30-45-49(33-41)58-48-22-12-20-42(50(45)48)36-25-23-35(24-26-36)34-13-5-3-6-14-34/h3-33H,1-2H3. The second-order valence-corrected chi connectivity index (χ2v) is 15.6. The summed E-state index contributed by atoms with van der Waals surface area (Å²) in [5, 5.41) is 2.14. The van der Waals surface area contributed by atoms with Crippen LogP contribution in [-0.2, 0) is 5.41 Å². The summed E-state index contributed by atoms with van der Waals surface area (Å²) in [5.74, 6) is 1.82. The summed E-state index contributed by atoms with van der Waals surface area (Å²) < 4.78 is 6.56. The van der Waals surface area contributed by atoms with Crippen LogP contribution in [0.5, 0.6) is 0 Å². The average Bonchev–Trinajstić information content (AvgIpc) is 3.78. The Bertz CT molecular complexity index is 3180. The summed E-state index contributed by atoms with van der Waals surface area (Å²) >= 11 is 0. The molecule has 0 aliphatic heterocycles. The van der Waals surface area contributed by atoms with E-state index in [2.05, 4.69) is 159 Å². The van der Waals surface area contributed by atoms with Gasteiger partial charge >= 0.3 is 0 Å². The van der Waals surface area contributed by atoms with E-state index in [-0.39, 0.29) is 5.41 Å². The highest BCUT2D eigenvalue weighted by molar-refractivity contribution is 6.13. The van der Waals surface area contributed by atoms with Crippen LogP contribution in [0.15, 0.2) is 192 Å². The number of fused-ring (bicyclic) bond motifs is 6. The summed E-state index contributed by atoms with van der Waals surface area (Å²) in [6.45, 7) is 4.64. The lowest BCUT2D eigenvalue weighted by atomic mass is 9.81. The van der Waals surface area contributed by atoms with Crippen molar-refractivity contribution in [3.8, 4) is 78.7 Å². The van der Waals surface area contributed by atoms with Crippen LogP contribution in [-0.4, -0.2) is 15.0 Å². The largest absolute Gasteiger partial charge is 0.456 e. The topological polar surface area (TPSA) is 51.8 Å². The summed E-state index contributed by atoms with van der Waals surface area (Å²) in [6.07, 6.45) is 0. The van der Waals surface area contributed by atoms with Crippen LogP contribution in [0.4, 0.5) is 0 Å². The smallest absolute Gasteiger partial charge is 0.164 e. The van der Waals surface area contributed by atoms with E-state index in [9.17, 15) is 0 Å². The van der Waals surface area contributed by atoms with Crippen molar-refractivity contribution in [2.75, 3.05) is 0 Å². The van der Waals surface area contributed by atoms with Gasteiger partial charge in [0.1, 0.15) is 11.2 Å². The van der Waals surface area contributed by atoms with Crippen LogP contribution in [0, 0.1) is 0 Å². The molecule has 0 radical (unpaired) electrons. The average molecular weight is 744 g/mol. The molecule has 1 aliphatic rings. The molecule has 11 rings (SSSR count). The monoisotopic (exact) mass is 743 g/mol. The van der Waals surface area contributed by atoms with Crippen molar-refractivity contribution in [2.24, 2.45) is 0 Å². The van der Waals surface area contributed by atoms with Gasteiger partial charge in [0.25, 0.3) is 0 Å². The first kappa shape index (κ1) is 33.9. The number of hydrogen-bond acceptors (Lipinski definition) is 4. The maximum absolute atomic E-state index is 6.56. The van der Waals surface area contributed by atoms with Crippen LogP contribution in [0.2, 0.25) is 0 Å². The molecular weight excluding hydrogens is 707 g/mol. The Balaban J connectivity index is 0.990. The molecule has 0 spiro atoms. The van der Waals surface area contributed by atoms with Crippen molar-refractivity contribution in [1.82, 2.24) is 15.0 Å². The Kier molecular flexibility index (Phi) is 7.80. The van der Waals surface area contributed by atoms with Gasteiger partial charge in [0.15, 0.2) is 17.5 Å². The highest BCUT2D eigenvalue weighted by atomic mass is 16.3. The second kappa shape index (κ2) is 13.4. The molecule has 0 saturated heterocycles. The summed E-state index contributed by atoms with van der Waals surface area (Å²) in [4.78, 5) is 15.3. The number of nitrogens with zero attached hydrogens (tertiary/aromatic N) is 3. The fourth-order valence-corrected chi connectivity index (χ4v) is 8.75. The molecule has 2 heterocycles. The van der Waals surface area contributed by atoms with E-state index in [1.807, 2.05) is 42.5 Å². The lowest BCUT2D eigenvalue weighted by Gasteiger charge is -2.22. The van der Waals surface area contributed by atoms with Gasteiger partial charge in [0.2, 0.25) is 0 Å². The molecule has 0 atom stereocenters. The van der Waals surface area contributed by atoms with Crippen molar-refractivity contribution < 1.29 is 4.42 Å². The molecule has 10 aromatic rings. The Labute approximate surface area is 337 Å². The highest BCUT2D eigenvalue weighted by Gasteiger charge is 2.35.